The number of hydrogen-bond donors (Lipinski definition) is 0. The van der Waals surface area contributed by atoms with Crippen molar-refractivity contribution in [3.63, 3.8) is 0 Å². The van der Waals surface area contributed by atoms with Crippen molar-refractivity contribution in [2.75, 3.05) is 7.05 Å². The number of halogens is 3. The number of amides is 1. The van der Waals surface area contributed by atoms with Crippen LogP contribution in [0.5, 0.6) is 5.75 Å². The van der Waals surface area contributed by atoms with Crippen molar-refractivity contribution >= 4 is 79.4 Å². The molecule has 1 aliphatic heterocycles. The van der Waals surface area contributed by atoms with Gasteiger partial charge in [0.25, 0.3) is 5.91 Å². The van der Waals surface area contributed by atoms with E-state index in [4.69, 9.17) is 40.2 Å². The van der Waals surface area contributed by atoms with Crippen molar-refractivity contribution in [3.05, 3.63) is 66.9 Å². The summed E-state index contributed by atoms with van der Waals surface area (Å²) in [4.78, 5) is 14.3. The fourth-order valence-corrected chi connectivity index (χ4v) is 4.11. The quantitative estimate of drug-likeness (QED) is 0.380. The number of carbonyl (C=O) groups is 1. The summed E-state index contributed by atoms with van der Waals surface area (Å²) in [6, 6.07) is 11.0. The van der Waals surface area contributed by atoms with Gasteiger partial charge in [-0.15, -0.1) is 0 Å². The molecule has 2 aromatic carbocycles. The number of benzene rings is 2. The summed E-state index contributed by atoms with van der Waals surface area (Å²) in [5.74, 6) is 0.538. The minimum Gasteiger partial charge on any atom is -0.488 e. The number of hydrogen-bond acceptors (Lipinski definition) is 4. The second kappa shape index (κ2) is 8.31. The number of ether oxygens (including phenoxy) is 1. The minimum atomic E-state index is -0.115. The summed E-state index contributed by atoms with van der Waals surface area (Å²) in [5.41, 5.74) is 1.68. The lowest BCUT2D eigenvalue weighted by atomic mass is 10.1. The predicted molar refractivity (Wildman–Crippen MR) is 116 cm³/mol. The first-order valence-corrected chi connectivity index (χ1v) is 10.2. The van der Waals surface area contributed by atoms with Crippen LogP contribution in [0.1, 0.15) is 11.1 Å². The molecular weight excluding hydrogens is 477 g/mol. The second-order valence-corrected chi connectivity index (χ2v) is 8.87. The number of likely N-dealkylation sites (N-methyl/N-ethyl adjacent to an activating group) is 1. The van der Waals surface area contributed by atoms with Crippen LogP contribution in [0.15, 0.2) is 45.8 Å². The molecule has 0 atom stereocenters. The van der Waals surface area contributed by atoms with Gasteiger partial charge >= 0.3 is 0 Å². The Morgan fingerprint density at radius 1 is 1.23 bits per heavy atom. The summed E-state index contributed by atoms with van der Waals surface area (Å²) in [7, 11) is 1.67. The molecule has 0 spiro atoms. The molecule has 3 nitrogen and oxygen atoms in total. The van der Waals surface area contributed by atoms with Crippen molar-refractivity contribution in [1.29, 1.82) is 0 Å². The molecule has 0 bridgehead atoms. The summed E-state index contributed by atoms with van der Waals surface area (Å²) in [5, 5.41) is 0.983. The van der Waals surface area contributed by atoms with Crippen molar-refractivity contribution in [3.8, 4) is 5.75 Å². The molecule has 8 heteroatoms. The van der Waals surface area contributed by atoms with E-state index in [1.165, 1.54) is 16.7 Å². The Hall–Kier alpha value is -1.05. The number of thiocarbonyl (C=S) groups is 1. The highest BCUT2D eigenvalue weighted by Gasteiger charge is 2.29. The molecule has 1 amide bonds. The first-order chi connectivity index (χ1) is 12.3. The molecule has 1 aliphatic rings. The number of carbonyl (C=O) groups excluding carboxylic acids is 1. The van der Waals surface area contributed by atoms with Crippen LogP contribution in [0.2, 0.25) is 10.0 Å². The highest BCUT2D eigenvalue weighted by molar-refractivity contribution is 9.10. The van der Waals surface area contributed by atoms with Crippen molar-refractivity contribution in [1.82, 2.24) is 4.90 Å². The molecule has 1 fully saturated rings. The van der Waals surface area contributed by atoms with Gasteiger partial charge in [0.2, 0.25) is 0 Å². The standard InChI is InChI=1S/C18H12BrCl2NO2S2/c1-22-17(23)16(26-18(22)25)8-11-7-12(19)3-5-15(11)24-9-10-2-4-13(20)14(21)6-10/h2-8H,9H2,1H3. The third kappa shape index (κ3) is 4.43. The zero-order chi connectivity index (χ0) is 18.8. The van der Waals surface area contributed by atoms with E-state index in [0.717, 1.165) is 15.6 Å². The highest BCUT2D eigenvalue weighted by Crippen LogP contribution is 2.34. The lowest BCUT2D eigenvalue weighted by molar-refractivity contribution is -0.121. The average Bonchev–Trinajstić information content (AvgIpc) is 2.84. The molecule has 0 N–H and O–H groups in total. The number of rotatable bonds is 4. The molecule has 0 saturated carbocycles. The molecule has 134 valence electrons. The smallest absolute Gasteiger partial charge is 0.265 e. The lowest BCUT2D eigenvalue weighted by Crippen LogP contribution is -2.22. The van der Waals surface area contributed by atoms with E-state index in [1.54, 1.807) is 25.3 Å². The Labute approximate surface area is 179 Å². The van der Waals surface area contributed by atoms with Gasteiger partial charge in [-0.1, -0.05) is 69.2 Å². The van der Waals surface area contributed by atoms with Gasteiger partial charge < -0.3 is 4.74 Å². The van der Waals surface area contributed by atoms with E-state index in [2.05, 4.69) is 15.9 Å². The Morgan fingerprint density at radius 2 is 2.00 bits per heavy atom. The Balaban J connectivity index is 1.85. The van der Waals surface area contributed by atoms with E-state index < -0.39 is 0 Å². The molecule has 1 heterocycles. The monoisotopic (exact) mass is 487 g/mol. The third-order valence-electron chi connectivity index (χ3n) is 3.62. The van der Waals surface area contributed by atoms with E-state index in [-0.39, 0.29) is 5.91 Å². The van der Waals surface area contributed by atoms with Crippen molar-refractivity contribution in [2.24, 2.45) is 0 Å². The van der Waals surface area contributed by atoms with Gasteiger partial charge in [-0.2, -0.15) is 0 Å². The number of thioether (sulfide) groups is 1. The van der Waals surface area contributed by atoms with Gasteiger partial charge in [0.05, 0.1) is 15.0 Å². The molecule has 0 unspecified atom stereocenters. The Bertz CT molecular complexity index is 933. The molecule has 3 rings (SSSR count). The third-order valence-corrected chi connectivity index (χ3v) is 6.34. The van der Waals surface area contributed by atoms with Gasteiger partial charge in [-0.25, -0.2) is 0 Å². The molecule has 0 aliphatic carbocycles. The van der Waals surface area contributed by atoms with Crippen LogP contribution in [-0.2, 0) is 11.4 Å². The van der Waals surface area contributed by atoms with Gasteiger partial charge in [0.1, 0.15) is 16.7 Å². The number of nitrogens with zero attached hydrogens (tertiary/aromatic N) is 1. The minimum absolute atomic E-state index is 0.115. The SMILES string of the molecule is CN1C(=O)C(=Cc2cc(Br)ccc2OCc2ccc(Cl)c(Cl)c2)SC1=S. The lowest BCUT2D eigenvalue weighted by Gasteiger charge is -2.11. The topological polar surface area (TPSA) is 29.5 Å². The van der Waals surface area contributed by atoms with E-state index >= 15 is 0 Å². The fraction of sp³-hybridized carbons (Fsp3) is 0.111. The normalized spacial score (nSPS) is 15.8. The molecule has 0 radical (unpaired) electrons. The summed E-state index contributed by atoms with van der Waals surface area (Å²) < 4.78 is 7.36. The maximum absolute atomic E-state index is 12.2. The van der Waals surface area contributed by atoms with Gasteiger partial charge in [0, 0.05) is 17.1 Å². The predicted octanol–water partition coefficient (Wildman–Crippen LogP) is 6.17. The fourth-order valence-electron chi connectivity index (χ4n) is 2.24. The highest BCUT2D eigenvalue weighted by atomic mass is 79.9. The summed E-state index contributed by atoms with van der Waals surface area (Å²) >= 11 is 21.9. The zero-order valence-electron chi connectivity index (χ0n) is 13.5. The maximum Gasteiger partial charge on any atom is 0.265 e. The maximum atomic E-state index is 12.2. The van der Waals surface area contributed by atoms with Crippen LogP contribution < -0.4 is 4.74 Å². The van der Waals surface area contributed by atoms with Gasteiger partial charge in [0.15, 0.2) is 0 Å². The van der Waals surface area contributed by atoms with E-state index in [0.29, 0.717) is 31.6 Å². The van der Waals surface area contributed by atoms with Crippen LogP contribution in [0.3, 0.4) is 0 Å². The van der Waals surface area contributed by atoms with Crippen LogP contribution in [0, 0.1) is 0 Å². The summed E-state index contributed by atoms with van der Waals surface area (Å²) in [6.45, 7) is 0.327. The Kier molecular flexibility index (Phi) is 6.30. The first kappa shape index (κ1) is 19.7. The van der Waals surface area contributed by atoms with Crippen LogP contribution >= 0.6 is 63.1 Å². The van der Waals surface area contributed by atoms with Crippen LogP contribution in [0.25, 0.3) is 6.08 Å². The van der Waals surface area contributed by atoms with E-state index in [9.17, 15) is 4.79 Å². The van der Waals surface area contributed by atoms with Gasteiger partial charge in [-0.3, -0.25) is 9.69 Å². The second-order valence-electron chi connectivity index (χ2n) is 5.46. The average molecular weight is 489 g/mol. The zero-order valence-corrected chi connectivity index (χ0v) is 18.2. The molecule has 0 aromatic heterocycles. The Morgan fingerprint density at radius 3 is 2.65 bits per heavy atom. The molecule has 1 saturated heterocycles. The van der Waals surface area contributed by atoms with Crippen LogP contribution in [0.4, 0.5) is 0 Å². The van der Waals surface area contributed by atoms with E-state index in [1.807, 2.05) is 24.3 Å². The van der Waals surface area contributed by atoms with Crippen LogP contribution in [-0.4, -0.2) is 22.2 Å². The summed E-state index contributed by atoms with van der Waals surface area (Å²) in [6.07, 6.45) is 1.79. The van der Waals surface area contributed by atoms with Crippen molar-refractivity contribution in [2.45, 2.75) is 6.61 Å². The molecule has 2 aromatic rings. The largest absolute Gasteiger partial charge is 0.488 e. The van der Waals surface area contributed by atoms with Crippen molar-refractivity contribution < 1.29 is 9.53 Å². The molecular formula is C18H12BrCl2NO2S2. The molecule has 26 heavy (non-hydrogen) atoms. The first-order valence-electron chi connectivity index (χ1n) is 7.43. The van der Waals surface area contributed by atoms with Gasteiger partial charge in [-0.05, 0) is 42.0 Å².